The second-order valence-electron chi connectivity index (χ2n) is 5.39. The van der Waals surface area contributed by atoms with E-state index in [1.165, 1.54) is 4.90 Å². The summed E-state index contributed by atoms with van der Waals surface area (Å²) < 4.78 is 0.864. The molecule has 7 heteroatoms. The van der Waals surface area contributed by atoms with Crippen molar-refractivity contribution in [2.45, 2.75) is 24.9 Å². The molecular weight excluding hydrogens is 358 g/mol. The summed E-state index contributed by atoms with van der Waals surface area (Å²) in [5, 5.41) is 6.61. The summed E-state index contributed by atoms with van der Waals surface area (Å²) >= 11 is 9.51. The molecule has 5 nitrogen and oxygen atoms in total. The Kier molecular flexibility index (Phi) is 3.94. The van der Waals surface area contributed by atoms with E-state index in [2.05, 4.69) is 26.6 Å². The lowest BCUT2D eigenvalue weighted by atomic mass is 9.88. The number of carbonyl (C=O) groups is 2. The van der Waals surface area contributed by atoms with Gasteiger partial charge in [-0.1, -0.05) is 33.6 Å². The maximum Gasteiger partial charge on any atom is 0.325 e. The van der Waals surface area contributed by atoms with Gasteiger partial charge in [0.15, 0.2) is 0 Å². The van der Waals surface area contributed by atoms with Gasteiger partial charge >= 0.3 is 6.03 Å². The highest BCUT2D eigenvalue weighted by molar-refractivity contribution is 9.10. The van der Waals surface area contributed by atoms with Gasteiger partial charge in [-0.25, -0.2) is 4.79 Å². The maximum atomic E-state index is 12.6. The predicted octanol–water partition coefficient (Wildman–Crippen LogP) is 2.28. The molecule has 0 aliphatic carbocycles. The van der Waals surface area contributed by atoms with E-state index >= 15 is 0 Å². The summed E-state index contributed by atoms with van der Waals surface area (Å²) in [5.41, 5.74) is 0.0267. The first-order valence-corrected chi connectivity index (χ1v) is 7.98. The fourth-order valence-electron chi connectivity index (χ4n) is 2.83. The van der Waals surface area contributed by atoms with Gasteiger partial charge in [-0.3, -0.25) is 9.69 Å². The second kappa shape index (κ2) is 5.59. The average Bonchev–Trinajstić information content (AvgIpc) is 2.67. The minimum absolute atomic E-state index is 0.145. The van der Waals surface area contributed by atoms with Crippen LogP contribution in [0.5, 0.6) is 0 Å². The summed E-state index contributed by atoms with van der Waals surface area (Å²) in [5.74, 6) is -0.145. The first-order chi connectivity index (χ1) is 10.0. The number of imide groups is 1. The molecule has 2 saturated heterocycles. The molecule has 2 aliphatic heterocycles. The van der Waals surface area contributed by atoms with Crippen LogP contribution in [0.25, 0.3) is 0 Å². The van der Waals surface area contributed by atoms with E-state index in [9.17, 15) is 9.59 Å². The normalized spacial score (nSPS) is 21.0. The molecule has 0 atom stereocenters. The molecule has 2 heterocycles. The average molecular weight is 373 g/mol. The van der Waals surface area contributed by atoms with E-state index in [1.54, 1.807) is 6.07 Å². The molecule has 1 spiro atoms. The van der Waals surface area contributed by atoms with Crippen molar-refractivity contribution in [3.05, 3.63) is 33.3 Å². The van der Waals surface area contributed by atoms with E-state index < -0.39 is 5.54 Å². The Morgan fingerprint density at radius 2 is 2.00 bits per heavy atom. The molecule has 1 aromatic rings. The van der Waals surface area contributed by atoms with Crippen LogP contribution in [0.15, 0.2) is 22.7 Å². The molecule has 21 heavy (non-hydrogen) atoms. The smallest absolute Gasteiger partial charge is 0.323 e. The SMILES string of the molecule is O=C1NC2(CCNCC2)C(=O)N1Cc1ccc(Br)cc1Cl. The van der Waals surface area contributed by atoms with Crippen molar-refractivity contribution in [2.75, 3.05) is 13.1 Å². The lowest BCUT2D eigenvalue weighted by molar-refractivity contribution is -0.132. The highest BCUT2D eigenvalue weighted by Gasteiger charge is 2.51. The lowest BCUT2D eigenvalue weighted by Crippen LogP contribution is -2.53. The highest BCUT2D eigenvalue weighted by atomic mass is 79.9. The Labute approximate surface area is 136 Å². The van der Waals surface area contributed by atoms with Gasteiger partial charge < -0.3 is 10.6 Å². The molecule has 0 radical (unpaired) electrons. The van der Waals surface area contributed by atoms with Crippen molar-refractivity contribution in [1.29, 1.82) is 0 Å². The van der Waals surface area contributed by atoms with Crippen LogP contribution in [0.3, 0.4) is 0 Å². The van der Waals surface area contributed by atoms with Crippen LogP contribution in [-0.4, -0.2) is 35.5 Å². The van der Waals surface area contributed by atoms with Crippen LogP contribution in [0, 0.1) is 0 Å². The van der Waals surface area contributed by atoms with Crippen LogP contribution in [0.1, 0.15) is 18.4 Å². The number of carbonyl (C=O) groups excluding carboxylic acids is 2. The fraction of sp³-hybridized carbons (Fsp3) is 0.429. The molecule has 3 amide bonds. The molecule has 2 fully saturated rings. The first-order valence-electron chi connectivity index (χ1n) is 6.81. The topological polar surface area (TPSA) is 61.4 Å². The number of rotatable bonds is 2. The zero-order valence-electron chi connectivity index (χ0n) is 11.3. The molecule has 0 bridgehead atoms. The number of benzene rings is 1. The molecule has 112 valence electrons. The third kappa shape index (κ3) is 2.67. The van der Waals surface area contributed by atoms with E-state index in [1.807, 2.05) is 12.1 Å². The third-order valence-electron chi connectivity index (χ3n) is 4.05. The molecule has 1 aromatic carbocycles. The number of amides is 3. The van der Waals surface area contributed by atoms with Crippen molar-refractivity contribution in [3.63, 3.8) is 0 Å². The van der Waals surface area contributed by atoms with Gasteiger partial charge in [0.25, 0.3) is 5.91 Å². The van der Waals surface area contributed by atoms with E-state index in [-0.39, 0.29) is 18.5 Å². The standard InChI is InChI=1S/C14H15BrClN3O2/c15-10-2-1-9(11(16)7-10)8-19-12(20)14(18-13(19)21)3-5-17-6-4-14/h1-2,7,17H,3-6,8H2,(H,18,21). The van der Waals surface area contributed by atoms with Crippen LogP contribution >= 0.6 is 27.5 Å². The van der Waals surface area contributed by atoms with Crippen molar-refractivity contribution in [2.24, 2.45) is 0 Å². The number of halogens is 2. The quantitative estimate of drug-likeness (QED) is 0.783. The van der Waals surface area contributed by atoms with Crippen LogP contribution < -0.4 is 10.6 Å². The molecule has 0 saturated carbocycles. The summed E-state index contributed by atoms with van der Waals surface area (Å²) in [7, 11) is 0. The van der Waals surface area contributed by atoms with Gasteiger partial charge in [0.05, 0.1) is 6.54 Å². The molecule has 0 aromatic heterocycles. The van der Waals surface area contributed by atoms with Crippen molar-refractivity contribution in [3.8, 4) is 0 Å². The van der Waals surface area contributed by atoms with Gasteiger partial charge in [-0.2, -0.15) is 0 Å². The number of nitrogens with one attached hydrogen (secondary N) is 2. The highest BCUT2D eigenvalue weighted by Crippen LogP contribution is 2.30. The van der Waals surface area contributed by atoms with Gasteiger partial charge in [-0.05, 0) is 43.6 Å². The van der Waals surface area contributed by atoms with Gasteiger partial charge in [0.2, 0.25) is 0 Å². The Hall–Kier alpha value is -1.11. The monoisotopic (exact) mass is 371 g/mol. The van der Waals surface area contributed by atoms with Gasteiger partial charge in [0.1, 0.15) is 5.54 Å². The Morgan fingerprint density at radius 3 is 2.67 bits per heavy atom. The minimum Gasteiger partial charge on any atom is -0.323 e. The van der Waals surface area contributed by atoms with Crippen LogP contribution in [-0.2, 0) is 11.3 Å². The minimum atomic E-state index is -0.732. The molecule has 0 unspecified atom stereocenters. The Morgan fingerprint density at radius 1 is 1.29 bits per heavy atom. The maximum absolute atomic E-state index is 12.6. The zero-order chi connectivity index (χ0) is 15.0. The summed E-state index contributed by atoms with van der Waals surface area (Å²) in [6.45, 7) is 1.67. The third-order valence-corrected chi connectivity index (χ3v) is 4.89. The van der Waals surface area contributed by atoms with E-state index in [4.69, 9.17) is 11.6 Å². The lowest BCUT2D eigenvalue weighted by Gasteiger charge is -2.31. The van der Waals surface area contributed by atoms with Crippen LogP contribution in [0.2, 0.25) is 5.02 Å². The molecule has 2 N–H and O–H groups in total. The summed E-state index contributed by atoms with van der Waals surface area (Å²) in [6.07, 6.45) is 1.25. The summed E-state index contributed by atoms with van der Waals surface area (Å²) in [6, 6.07) is 5.09. The van der Waals surface area contributed by atoms with E-state index in [0.717, 1.165) is 23.1 Å². The number of hydrogen-bond acceptors (Lipinski definition) is 3. The number of nitrogens with zero attached hydrogens (tertiary/aromatic N) is 1. The summed E-state index contributed by atoms with van der Waals surface area (Å²) in [4.78, 5) is 26.1. The van der Waals surface area contributed by atoms with Gasteiger partial charge in [0, 0.05) is 9.50 Å². The molecular formula is C14H15BrClN3O2. The number of hydrogen-bond donors (Lipinski definition) is 2. The Balaban J connectivity index is 1.82. The Bertz CT molecular complexity index is 602. The number of urea groups is 1. The second-order valence-corrected chi connectivity index (χ2v) is 6.71. The number of piperidine rings is 1. The van der Waals surface area contributed by atoms with Crippen molar-refractivity contribution in [1.82, 2.24) is 15.5 Å². The van der Waals surface area contributed by atoms with Gasteiger partial charge in [-0.15, -0.1) is 0 Å². The van der Waals surface area contributed by atoms with Crippen LogP contribution in [0.4, 0.5) is 4.79 Å². The fourth-order valence-corrected chi connectivity index (χ4v) is 3.57. The van der Waals surface area contributed by atoms with Crippen molar-refractivity contribution < 1.29 is 9.59 Å². The van der Waals surface area contributed by atoms with Crippen molar-refractivity contribution >= 4 is 39.5 Å². The molecule has 3 rings (SSSR count). The predicted molar refractivity (Wildman–Crippen MR) is 83.1 cm³/mol. The van der Waals surface area contributed by atoms with E-state index in [0.29, 0.717) is 17.9 Å². The zero-order valence-corrected chi connectivity index (χ0v) is 13.6. The largest absolute Gasteiger partial charge is 0.325 e. The first kappa shape index (κ1) is 14.8. The molecule has 2 aliphatic rings.